The van der Waals surface area contributed by atoms with E-state index in [-0.39, 0.29) is 28.9 Å². The Morgan fingerprint density at radius 1 is 1.33 bits per heavy atom. The lowest BCUT2D eigenvalue weighted by Gasteiger charge is -2.28. The molecule has 8 heteroatoms. The first-order valence-electron chi connectivity index (χ1n) is 9.65. The van der Waals surface area contributed by atoms with Gasteiger partial charge >= 0.3 is 0 Å². The first-order chi connectivity index (χ1) is 13.1. The minimum atomic E-state index is -0.545. The summed E-state index contributed by atoms with van der Waals surface area (Å²) in [4.78, 5) is 23.3. The molecule has 1 amide bonds. The van der Waals surface area contributed by atoms with Crippen LogP contribution in [0.15, 0.2) is 30.3 Å². The maximum absolute atomic E-state index is 12.5. The van der Waals surface area contributed by atoms with Gasteiger partial charge in [-0.3, -0.25) is 20.3 Å². The molecular weight excluding hydrogens is 348 g/mol. The fraction of sp³-hybridized carbons (Fsp3) is 0.632. The molecule has 5 unspecified atom stereocenters. The maximum atomic E-state index is 12.5. The number of hydrogen-bond acceptors (Lipinski definition) is 6. The van der Waals surface area contributed by atoms with Gasteiger partial charge in [-0.25, -0.2) is 5.43 Å². The van der Waals surface area contributed by atoms with E-state index < -0.39 is 12.1 Å². The highest BCUT2D eigenvalue weighted by Crippen LogP contribution is 2.31. The number of amides is 1. The first-order valence-corrected chi connectivity index (χ1v) is 9.65. The minimum absolute atomic E-state index is 0.0182. The van der Waals surface area contributed by atoms with Gasteiger partial charge in [0.1, 0.15) is 6.04 Å². The Balaban J connectivity index is 1.37. The van der Waals surface area contributed by atoms with Gasteiger partial charge in [0.15, 0.2) is 0 Å². The van der Waals surface area contributed by atoms with E-state index in [1.807, 2.05) is 37.3 Å². The van der Waals surface area contributed by atoms with E-state index in [9.17, 15) is 14.9 Å². The number of hydrogen-bond donors (Lipinski definition) is 3. The van der Waals surface area contributed by atoms with E-state index in [4.69, 9.17) is 4.74 Å². The number of ether oxygens (including phenoxy) is 1. The van der Waals surface area contributed by atoms with Crippen LogP contribution in [0.25, 0.3) is 0 Å². The molecule has 1 saturated heterocycles. The summed E-state index contributed by atoms with van der Waals surface area (Å²) in [6, 6.07) is 9.18. The molecule has 1 saturated carbocycles. The van der Waals surface area contributed by atoms with Crippen molar-refractivity contribution in [1.29, 1.82) is 0 Å². The zero-order valence-corrected chi connectivity index (χ0v) is 15.6. The van der Waals surface area contributed by atoms with Gasteiger partial charge < -0.3 is 10.1 Å². The maximum Gasteiger partial charge on any atom is 0.238 e. The summed E-state index contributed by atoms with van der Waals surface area (Å²) in [5, 5.41) is 14.0. The molecule has 1 heterocycles. The summed E-state index contributed by atoms with van der Waals surface area (Å²) in [6.07, 6.45) is 2.46. The molecule has 2 fully saturated rings. The van der Waals surface area contributed by atoms with Crippen LogP contribution in [0.4, 0.5) is 0 Å². The fourth-order valence-electron chi connectivity index (χ4n) is 3.96. The molecule has 1 aliphatic heterocycles. The van der Waals surface area contributed by atoms with Crippen LogP contribution in [0.3, 0.4) is 0 Å². The Morgan fingerprint density at radius 2 is 2.11 bits per heavy atom. The normalized spacial score (nSPS) is 28.3. The number of nitrogens with one attached hydrogen (secondary N) is 3. The SMILES string of the molecule is CC(OCCCNC(=O)C1NNC2CCC([N+](=O)[O-])CC21)c1ccccc1. The van der Waals surface area contributed by atoms with E-state index in [0.29, 0.717) is 32.4 Å². The monoisotopic (exact) mass is 376 g/mol. The largest absolute Gasteiger partial charge is 0.374 e. The topological polar surface area (TPSA) is 106 Å². The molecule has 148 valence electrons. The van der Waals surface area contributed by atoms with Crippen LogP contribution in [0.5, 0.6) is 0 Å². The minimum Gasteiger partial charge on any atom is -0.374 e. The van der Waals surface area contributed by atoms with Gasteiger partial charge in [0.25, 0.3) is 0 Å². The van der Waals surface area contributed by atoms with Gasteiger partial charge in [-0.1, -0.05) is 30.3 Å². The number of rotatable bonds is 8. The third kappa shape index (κ3) is 5.03. The van der Waals surface area contributed by atoms with Crippen LogP contribution in [-0.4, -0.2) is 42.1 Å². The van der Waals surface area contributed by atoms with E-state index in [2.05, 4.69) is 16.2 Å². The Labute approximate surface area is 159 Å². The van der Waals surface area contributed by atoms with Crippen molar-refractivity contribution in [2.75, 3.05) is 13.2 Å². The van der Waals surface area contributed by atoms with E-state index >= 15 is 0 Å². The first kappa shape index (κ1) is 19.7. The Kier molecular flexibility index (Phi) is 6.76. The summed E-state index contributed by atoms with van der Waals surface area (Å²) in [7, 11) is 0. The van der Waals surface area contributed by atoms with Crippen molar-refractivity contribution < 1.29 is 14.5 Å². The van der Waals surface area contributed by atoms with Crippen LogP contribution >= 0.6 is 0 Å². The molecular formula is C19H28N4O4. The van der Waals surface area contributed by atoms with Gasteiger partial charge in [-0.2, -0.15) is 0 Å². The smallest absolute Gasteiger partial charge is 0.238 e. The molecule has 3 N–H and O–H groups in total. The summed E-state index contributed by atoms with van der Waals surface area (Å²) in [5.74, 6) is -0.140. The second-order valence-corrected chi connectivity index (χ2v) is 7.36. The summed E-state index contributed by atoms with van der Waals surface area (Å²) >= 11 is 0. The van der Waals surface area contributed by atoms with Crippen molar-refractivity contribution in [3.05, 3.63) is 46.0 Å². The number of nitrogens with zero attached hydrogens (tertiary/aromatic N) is 1. The number of carbonyl (C=O) groups excluding carboxylic acids is 1. The fourth-order valence-corrected chi connectivity index (χ4v) is 3.96. The van der Waals surface area contributed by atoms with Gasteiger partial charge in [0, 0.05) is 42.9 Å². The van der Waals surface area contributed by atoms with Crippen molar-refractivity contribution in [3.8, 4) is 0 Å². The lowest BCUT2D eigenvalue weighted by molar-refractivity contribution is -0.528. The van der Waals surface area contributed by atoms with Crippen LogP contribution < -0.4 is 16.2 Å². The average Bonchev–Trinajstić information content (AvgIpc) is 3.11. The second kappa shape index (κ2) is 9.25. The highest BCUT2D eigenvalue weighted by atomic mass is 16.6. The summed E-state index contributed by atoms with van der Waals surface area (Å²) in [5.41, 5.74) is 7.28. The third-order valence-electron chi connectivity index (χ3n) is 5.56. The van der Waals surface area contributed by atoms with Crippen LogP contribution in [0.1, 0.15) is 44.3 Å². The number of fused-ring (bicyclic) bond motifs is 1. The molecule has 8 nitrogen and oxygen atoms in total. The van der Waals surface area contributed by atoms with Crippen molar-refractivity contribution in [2.45, 2.75) is 56.8 Å². The number of carbonyl (C=O) groups is 1. The van der Waals surface area contributed by atoms with Crippen LogP contribution in [-0.2, 0) is 9.53 Å². The van der Waals surface area contributed by atoms with Crippen molar-refractivity contribution >= 4 is 5.91 Å². The molecule has 1 aromatic carbocycles. The van der Waals surface area contributed by atoms with Crippen LogP contribution in [0.2, 0.25) is 0 Å². The van der Waals surface area contributed by atoms with Gasteiger partial charge in [-0.15, -0.1) is 0 Å². The van der Waals surface area contributed by atoms with Crippen LogP contribution in [0, 0.1) is 16.0 Å². The second-order valence-electron chi connectivity index (χ2n) is 7.36. The average molecular weight is 376 g/mol. The molecule has 1 aromatic rings. The zero-order valence-electron chi connectivity index (χ0n) is 15.6. The molecule has 0 aromatic heterocycles. The van der Waals surface area contributed by atoms with Gasteiger partial charge in [0.05, 0.1) is 6.10 Å². The lowest BCUT2D eigenvalue weighted by Crippen LogP contribution is -2.47. The molecule has 0 bridgehead atoms. The van der Waals surface area contributed by atoms with Gasteiger partial charge in [-0.05, 0) is 25.3 Å². The third-order valence-corrected chi connectivity index (χ3v) is 5.56. The molecule has 5 atom stereocenters. The Morgan fingerprint density at radius 3 is 2.85 bits per heavy atom. The Bertz CT molecular complexity index is 642. The van der Waals surface area contributed by atoms with Gasteiger partial charge in [0.2, 0.25) is 11.9 Å². The number of nitro groups is 1. The Hall–Kier alpha value is -2.03. The van der Waals surface area contributed by atoms with E-state index in [1.165, 1.54) is 0 Å². The highest BCUT2D eigenvalue weighted by Gasteiger charge is 2.46. The molecule has 1 aliphatic carbocycles. The van der Waals surface area contributed by atoms with E-state index in [0.717, 1.165) is 12.0 Å². The molecule has 2 aliphatic rings. The van der Waals surface area contributed by atoms with Crippen molar-refractivity contribution in [1.82, 2.24) is 16.2 Å². The summed E-state index contributed by atoms with van der Waals surface area (Å²) < 4.78 is 5.81. The highest BCUT2D eigenvalue weighted by molar-refractivity contribution is 5.82. The lowest BCUT2D eigenvalue weighted by atomic mass is 9.79. The predicted octanol–water partition coefficient (Wildman–Crippen LogP) is 1.56. The number of hydrazine groups is 1. The number of benzene rings is 1. The molecule has 3 rings (SSSR count). The standard InChI is InChI=1S/C19H28N4O4/c1-13(14-6-3-2-4-7-14)27-11-5-10-20-19(24)18-16-12-15(23(25)26)8-9-17(16)21-22-18/h2-4,6-7,13,15-18,21-22H,5,8-12H2,1H3,(H,20,24). The molecule has 0 radical (unpaired) electrons. The zero-order chi connectivity index (χ0) is 19.2. The van der Waals surface area contributed by atoms with E-state index in [1.54, 1.807) is 0 Å². The van der Waals surface area contributed by atoms with Crippen molar-refractivity contribution in [2.24, 2.45) is 5.92 Å². The molecule has 27 heavy (non-hydrogen) atoms. The van der Waals surface area contributed by atoms with Crippen molar-refractivity contribution in [3.63, 3.8) is 0 Å². The molecule has 0 spiro atoms. The summed E-state index contributed by atoms with van der Waals surface area (Å²) in [6.45, 7) is 3.09. The predicted molar refractivity (Wildman–Crippen MR) is 100 cm³/mol. The quantitative estimate of drug-likeness (QED) is 0.361.